The first-order valence-corrected chi connectivity index (χ1v) is 5.88. The van der Waals surface area contributed by atoms with Crippen LogP contribution < -0.4 is 0 Å². The van der Waals surface area contributed by atoms with E-state index < -0.39 is 5.97 Å². The van der Waals surface area contributed by atoms with Crippen LogP contribution in [0.4, 0.5) is 0 Å². The van der Waals surface area contributed by atoms with Crippen molar-refractivity contribution in [3.05, 3.63) is 48.8 Å². The maximum absolute atomic E-state index is 11.2. The number of benzene rings is 1. The number of fused-ring (bicyclic) bond motifs is 1. The topological polar surface area (TPSA) is 72.9 Å². The molecule has 0 amide bonds. The molecule has 0 radical (unpaired) electrons. The van der Waals surface area contributed by atoms with Gasteiger partial charge in [-0.05, 0) is 12.1 Å². The number of rotatable bonds is 4. The van der Waals surface area contributed by atoms with Gasteiger partial charge in [0.1, 0.15) is 0 Å². The van der Waals surface area contributed by atoms with Gasteiger partial charge in [0.05, 0.1) is 29.3 Å². The molecule has 0 fully saturated rings. The number of carbonyl (C=O) groups is 1. The molecule has 3 aromatic rings. The number of carboxylic acids is 1. The van der Waals surface area contributed by atoms with Crippen molar-refractivity contribution in [2.45, 2.75) is 13.1 Å². The van der Waals surface area contributed by atoms with E-state index in [1.54, 1.807) is 31.0 Å². The van der Waals surface area contributed by atoms with Crippen molar-refractivity contribution in [2.75, 3.05) is 0 Å². The maximum atomic E-state index is 11.2. The second-order valence-corrected chi connectivity index (χ2v) is 4.22. The molecule has 96 valence electrons. The number of imidazole rings is 2. The summed E-state index contributed by atoms with van der Waals surface area (Å²) in [5.41, 5.74) is 1.64. The lowest BCUT2D eigenvalue weighted by atomic mass is 10.2. The van der Waals surface area contributed by atoms with Gasteiger partial charge in [0.15, 0.2) is 0 Å². The number of hydrogen-bond acceptors (Lipinski definition) is 3. The Balaban J connectivity index is 1.97. The highest BCUT2D eigenvalue weighted by Gasteiger charge is 2.12. The Kier molecular flexibility index (Phi) is 2.75. The predicted octanol–water partition coefficient (Wildman–Crippen LogP) is 1.63. The molecule has 0 saturated carbocycles. The normalized spacial score (nSPS) is 10.9. The third kappa shape index (κ3) is 2.08. The summed E-state index contributed by atoms with van der Waals surface area (Å²) >= 11 is 0. The third-order valence-corrected chi connectivity index (χ3v) is 3.03. The number of aromatic nitrogens is 4. The number of carboxylic acid groups (broad SMARTS) is 1. The molecule has 0 atom stereocenters. The summed E-state index contributed by atoms with van der Waals surface area (Å²) < 4.78 is 3.80. The van der Waals surface area contributed by atoms with Crippen LogP contribution in [0.3, 0.4) is 0 Å². The first-order chi connectivity index (χ1) is 9.25. The van der Waals surface area contributed by atoms with E-state index in [2.05, 4.69) is 9.97 Å². The van der Waals surface area contributed by atoms with Crippen molar-refractivity contribution in [3.8, 4) is 0 Å². The van der Waals surface area contributed by atoms with Crippen molar-refractivity contribution >= 4 is 17.0 Å². The summed E-state index contributed by atoms with van der Waals surface area (Å²) in [5, 5.41) is 9.22. The molecular weight excluding hydrogens is 244 g/mol. The minimum atomic E-state index is -0.935. The minimum Gasteiger partial charge on any atom is -0.478 e. The lowest BCUT2D eigenvalue weighted by molar-refractivity contribution is 0.0698. The van der Waals surface area contributed by atoms with Crippen molar-refractivity contribution in [1.29, 1.82) is 0 Å². The molecule has 3 rings (SSSR count). The van der Waals surface area contributed by atoms with E-state index in [9.17, 15) is 9.90 Å². The zero-order valence-electron chi connectivity index (χ0n) is 10.1. The summed E-state index contributed by atoms with van der Waals surface area (Å²) in [6.45, 7) is 1.37. The van der Waals surface area contributed by atoms with Gasteiger partial charge in [-0.2, -0.15) is 0 Å². The fourth-order valence-electron chi connectivity index (χ4n) is 2.11. The lowest BCUT2D eigenvalue weighted by Gasteiger charge is -2.07. The third-order valence-electron chi connectivity index (χ3n) is 3.03. The zero-order valence-corrected chi connectivity index (χ0v) is 10.1. The standard InChI is InChI=1S/C13H12N4O2/c18-13(19)10-2-1-3-11-12(10)17(9-15-11)7-6-16-5-4-14-8-16/h1-5,8-9H,6-7H2,(H,18,19). The molecule has 0 unspecified atom stereocenters. The van der Waals surface area contributed by atoms with Crippen molar-refractivity contribution in [2.24, 2.45) is 0 Å². The summed E-state index contributed by atoms with van der Waals surface area (Å²) in [4.78, 5) is 19.5. The Morgan fingerprint density at radius 3 is 2.89 bits per heavy atom. The molecule has 1 N–H and O–H groups in total. The highest BCUT2D eigenvalue weighted by molar-refractivity contribution is 6.01. The molecule has 0 aliphatic heterocycles. The molecule has 0 saturated heterocycles. The van der Waals surface area contributed by atoms with Gasteiger partial charge >= 0.3 is 5.97 Å². The second-order valence-electron chi connectivity index (χ2n) is 4.22. The van der Waals surface area contributed by atoms with Gasteiger partial charge in [-0.1, -0.05) is 6.07 Å². The predicted molar refractivity (Wildman–Crippen MR) is 68.9 cm³/mol. The van der Waals surface area contributed by atoms with Crippen LogP contribution in [-0.2, 0) is 13.1 Å². The van der Waals surface area contributed by atoms with Gasteiger partial charge in [0, 0.05) is 25.5 Å². The highest BCUT2D eigenvalue weighted by Crippen LogP contribution is 2.18. The SMILES string of the molecule is O=C(O)c1cccc2ncn(CCn3ccnc3)c12. The summed E-state index contributed by atoms with van der Waals surface area (Å²) in [6, 6.07) is 5.12. The van der Waals surface area contributed by atoms with Crippen LogP contribution in [0.2, 0.25) is 0 Å². The van der Waals surface area contributed by atoms with E-state index in [1.807, 2.05) is 21.4 Å². The van der Waals surface area contributed by atoms with Gasteiger partial charge in [-0.25, -0.2) is 14.8 Å². The number of nitrogens with zero attached hydrogens (tertiary/aromatic N) is 4. The van der Waals surface area contributed by atoms with Gasteiger partial charge in [-0.15, -0.1) is 0 Å². The van der Waals surface area contributed by atoms with Crippen LogP contribution in [0.25, 0.3) is 11.0 Å². The fraction of sp³-hybridized carbons (Fsp3) is 0.154. The molecule has 19 heavy (non-hydrogen) atoms. The van der Waals surface area contributed by atoms with Crippen LogP contribution in [0.5, 0.6) is 0 Å². The molecule has 2 aromatic heterocycles. The van der Waals surface area contributed by atoms with Crippen molar-refractivity contribution in [1.82, 2.24) is 19.1 Å². The van der Waals surface area contributed by atoms with Crippen LogP contribution in [0.15, 0.2) is 43.2 Å². The monoisotopic (exact) mass is 256 g/mol. The summed E-state index contributed by atoms with van der Waals surface area (Å²) in [7, 11) is 0. The molecule has 0 spiro atoms. The quantitative estimate of drug-likeness (QED) is 0.770. The minimum absolute atomic E-state index is 0.278. The van der Waals surface area contributed by atoms with E-state index in [-0.39, 0.29) is 5.56 Å². The van der Waals surface area contributed by atoms with Crippen LogP contribution in [-0.4, -0.2) is 30.2 Å². The van der Waals surface area contributed by atoms with Gasteiger partial charge in [0.2, 0.25) is 0 Å². The van der Waals surface area contributed by atoms with Gasteiger partial charge in [-0.3, -0.25) is 0 Å². The Morgan fingerprint density at radius 1 is 1.26 bits per heavy atom. The Labute approximate surface area is 108 Å². The number of aryl methyl sites for hydroxylation is 2. The summed E-state index contributed by atoms with van der Waals surface area (Å²) in [6.07, 6.45) is 7.00. The Hall–Kier alpha value is -2.63. The van der Waals surface area contributed by atoms with Crippen LogP contribution in [0, 0.1) is 0 Å². The average Bonchev–Trinajstić information content (AvgIpc) is 3.05. The molecule has 0 aliphatic carbocycles. The fourth-order valence-corrected chi connectivity index (χ4v) is 2.11. The number of para-hydroxylation sites is 1. The lowest BCUT2D eigenvalue weighted by Crippen LogP contribution is -2.07. The average molecular weight is 256 g/mol. The van der Waals surface area contributed by atoms with E-state index in [0.717, 1.165) is 6.54 Å². The van der Waals surface area contributed by atoms with Crippen LogP contribution >= 0.6 is 0 Å². The van der Waals surface area contributed by atoms with Gasteiger partial charge < -0.3 is 14.2 Å². The summed E-state index contributed by atoms with van der Waals surface area (Å²) in [5.74, 6) is -0.935. The number of hydrogen-bond donors (Lipinski definition) is 1. The van der Waals surface area contributed by atoms with Crippen molar-refractivity contribution in [3.63, 3.8) is 0 Å². The van der Waals surface area contributed by atoms with E-state index >= 15 is 0 Å². The smallest absolute Gasteiger partial charge is 0.337 e. The maximum Gasteiger partial charge on any atom is 0.337 e. The molecule has 0 aliphatic rings. The molecule has 2 heterocycles. The van der Waals surface area contributed by atoms with Crippen LogP contribution in [0.1, 0.15) is 10.4 Å². The second kappa shape index (κ2) is 4.56. The van der Waals surface area contributed by atoms with Crippen molar-refractivity contribution < 1.29 is 9.90 Å². The molecule has 6 nitrogen and oxygen atoms in total. The molecular formula is C13H12N4O2. The molecule has 6 heteroatoms. The number of aromatic carboxylic acids is 1. The van der Waals surface area contributed by atoms with Gasteiger partial charge in [0.25, 0.3) is 0 Å². The highest BCUT2D eigenvalue weighted by atomic mass is 16.4. The van der Waals surface area contributed by atoms with E-state index in [4.69, 9.17) is 0 Å². The first-order valence-electron chi connectivity index (χ1n) is 5.88. The zero-order chi connectivity index (χ0) is 13.2. The first kappa shape index (κ1) is 11.5. The Morgan fingerprint density at radius 2 is 2.16 bits per heavy atom. The van der Waals surface area contributed by atoms with E-state index in [1.165, 1.54) is 0 Å². The largest absolute Gasteiger partial charge is 0.478 e. The molecule has 0 bridgehead atoms. The Bertz CT molecular complexity index is 715. The molecule has 1 aromatic carbocycles. The van der Waals surface area contributed by atoms with E-state index in [0.29, 0.717) is 17.6 Å².